The number of thiol groups is 2. The zero-order valence-corrected chi connectivity index (χ0v) is 8.47. The van der Waals surface area contributed by atoms with E-state index in [4.69, 9.17) is 0 Å². The number of hydrogen-bond donors (Lipinski definition) is 4. The second-order valence-electron chi connectivity index (χ2n) is 1.46. The standard InChI is InChI=1S/C4H8N2O2S2.Mn/c7-3(9)5-1-2-6-4(8)10;/h1-2H2,(H2,5,7,9)(H2,6,8,10);. The smallest absolute Gasteiger partial charge is 0.276 e. The Morgan fingerprint density at radius 1 is 1.00 bits per heavy atom. The second kappa shape index (κ2) is 8.26. The van der Waals surface area contributed by atoms with Gasteiger partial charge >= 0.3 is 0 Å². The van der Waals surface area contributed by atoms with Crippen LogP contribution in [0.3, 0.4) is 0 Å². The Morgan fingerprint density at radius 3 is 1.45 bits per heavy atom. The van der Waals surface area contributed by atoms with E-state index in [-0.39, 0.29) is 17.1 Å². The van der Waals surface area contributed by atoms with Gasteiger partial charge in [-0.1, -0.05) is 25.3 Å². The summed E-state index contributed by atoms with van der Waals surface area (Å²) in [5.74, 6) is 0. The second-order valence-corrected chi connectivity index (χ2v) is 2.28. The van der Waals surface area contributed by atoms with Gasteiger partial charge in [0.15, 0.2) is 0 Å². The summed E-state index contributed by atoms with van der Waals surface area (Å²) in [7, 11) is 0. The molecule has 2 amide bonds. The van der Waals surface area contributed by atoms with E-state index in [1.54, 1.807) is 0 Å². The third-order valence-corrected chi connectivity index (χ3v) is 0.994. The van der Waals surface area contributed by atoms with Gasteiger partial charge in [0.2, 0.25) is 0 Å². The zero-order chi connectivity index (χ0) is 7.98. The van der Waals surface area contributed by atoms with Gasteiger partial charge < -0.3 is 10.6 Å². The number of amides is 2. The molecule has 0 bridgehead atoms. The van der Waals surface area contributed by atoms with Crippen LogP contribution in [-0.2, 0) is 17.1 Å². The maximum atomic E-state index is 10.1. The summed E-state index contributed by atoms with van der Waals surface area (Å²) in [6, 6.07) is 0. The molecule has 0 aliphatic carbocycles. The van der Waals surface area contributed by atoms with Crippen LogP contribution in [0.15, 0.2) is 0 Å². The predicted molar refractivity (Wildman–Crippen MR) is 44.8 cm³/mol. The normalized spacial score (nSPS) is 7.82. The number of nitrogens with one attached hydrogen (secondary N) is 2. The van der Waals surface area contributed by atoms with Crippen molar-refractivity contribution in [2.75, 3.05) is 13.1 Å². The number of carbonyl (C=O) groups is 2. The van der Waals surface area contributed by atoms with Gasteiger partial charge in [-0.15, -0.1) is 0 Å². The van der Waals surface area contributed by atoms with Crippen molar-refractivity contribution < 1.29 is 26.7 Å². The molecule has 0 rings (SSSR count). The third kappa shape index (κ3) is 13.2. The van der Waals surface area contributed by atoms with E-state index in [1.807, 2.05) is 0 Å². The van der Waals surface area contributed by atoms with Crippen molar-refractivity contribution in [1.29, 1.82) is 0 Å². The van der Waals surface area contributed by atoms with E-state index in [0.29, 0.717) is 13.1 Å². The predicted octanol–water partition coefficient (Wildman–Crippen LogP) is 0.263. The Bertz CT molecular complexity index is 128. The van der Waals surface area contributed by atoms with E-state index in [9.17, 15) is 9.59 Å². The molecule has 0 spiro atoms. The Kier molecular flexibility index (Phi) is 10.3. The van der Waals surface area contributed by atoms with Crippen molar-refractivity contribution in [1.82, 2.24) is 10.6 Å². The van der Waals surface area contributed by atoms with E-state index in [2.05, 4.69) is 35.9 Å². The van der Waals surface area contributed by atoms with E-state index < -0.39 is 10.5 Å². The molecule has 7 heteroatoms. The van der Waals surface area contributed by atoms with Crippen LogP contribution in [0.25, 0.3) is 0 Å². The molecule has 65 valence electrons. The summed E-state index contributed by atoms with van der Waals surface area (Å²) >= 11 is 6.88. The summed E-state index contributed by atoms with van der Waals surface area (Å²) < 4.78 is 0. The van der Waals surface area contributed by atoms with Crippen LogP contribution in [0.4, 0.5) is 9.59 Å². The van der Waals surface area contributed by atoms with Crippen molar-refractivity contribution in [2.45, 2.75) is 0 Å². The first-order chi connectivity index (χ1) is 4.63. The Hall–Kier alpha value is 0.159. The molecule has 0 saturated carbocycles. The fourth-order valence-electron chi connectivity index (χ4n) is 0.339. The van der Waals surface area contributed by atoms with Crippen molar-refractivity contribution in [3.05, 3.63) is 0 Å². The molecular weight excluding hydrogens is 227 g/mol. The largest absolute Gasteiger partial charge is 0.345 e. The topological polar surface area (TPSA) is 58.2 Å². The van der Waals surface area contributed by atoms with Crippen LogP contribution in [0, 0.1) is 0 Å². The molecule has 11 heavy (non-hydrogen) atoms. The molecule has 0 aromatic rings. The van der Waals surface area contributed by atoms with E-state index in [1.165, 1.54) is 0 Å². The van der Waals surface area contributed by atoms with Crippen molar-refractivity contribution >= 4 is 35.7 Å². The summed E-state index contributed by atoms with van der Waals surface area (Å²) in [5.41, 5.74) is 0. The molecule has 0 aliphatic rings. The van der Waals surface area contributed by atoms with Gasteiger partial charge in [-0.3, -0.25) is 9.59 Å². The van der Waals surface area contributed by atoms with Crippen molar-refractivity contribution in [3.8, 4) is 0 Å². The van der Waals surface area contributed by atoms with E-state index in [0.717, 1.165) is 0 Å². The maximum absolute atomic E-state index is 10.1. The molecule has 0 atom stereocenters. The Balaban J connectivity index is 0. The van der Waals surface area contributed by atoms with Crippen molar-refractivity contribution in [2.24, 2.45) is 0 Å². The molecule has 0 unspecified atom stereocenters. The third-order valence-electron chi connectivity index (χ3n) is 0.677. The van der Waals surface area contributed by atoms with Gasteiger partial charge in [0.05, 0.1) is 0 Å². The molecule has 0 aromatic carbocycles. The number of hydrogen-bond acceptors (Lipinski definition) is 2. The molecule has 0 saturated heterocycles. The summed E-state index contributed by atoms with van der Waals surface area (Å²) in [6.45, 7) is 0.739. The average Bonchev–Trinajstić information content (AvgIpc) is 1.79. The first-order valence-corrected chi connectivity index (χ1v) is 3.46. The monoisotopic (exact) mass is 235 g/mol. The summed E-state index contributed by atoms with van der Waals surface area (Å²) in [5, 5.41) is 3.94. The Labute approximate surface area is 86.2 Å². The number of rotatable bonds is 3. The van der Waals surface area contributed by atoms with E-state index >= 15 is 0 Å². The summed E-state index contributed by atoms with van der Waals surface area (Å²) in [4.78, 5) is 20.2. The van der Waals surface area contributed by atoms with Gasteiger partial charge in [-0.2, -0.15) is 0 Å². The van der Waals surface area contributed by atoms with Gasteiger partial charge in [0.1, 0.15) is 0 Å². The van der Waals surface area contributed by atoms with Gasteiger partial charge in [0, 0.05) is 30.2 Å². The first-order valence-electron chi connectivity index (χ1n) is 2.56. The zero-order valence-electron chi connectivity index (χ0n) is 5.50. The van der Waals surface area contributed by atoms with Gasteiger partial charge in [-0.25, -0.2) is 0 Å². The van der Waals surface area contributed by atoms with Crippen LogP contribution in [0.2, 0.25) is 0 Å². The van der Waals surface area contributed by atoms with Gasteiger partial charge in [0.25, 0.3) is 10.5 Å². The maximum Gasteiger partial charge on any atom is 0.276 e. The quantitative estimate of drug-likeness (QED) is 0.322. The van der Waals surface area contributed by atoms with Crippen LogP contribution in [0.5, 0.6) is 0 Å². The van der Waals surface area contributed by atoms with Crippen LogP contribution in [0.1, 0.15) is 0 Å². The van der Waals surface area contributed by atoms with Crippen molar-refractivity contribution in [3.63, 3.8) is 0 Å². The minimum absolute atomic E-state index is 0. The minimum atomic E-state index is -0.409. The van der Waals surface area contributed by atoms with Crippen LogP contribution < -0.4 is 10.6 Å². The fraction of sp³-hybridized carbons (Fsp3) is 0.500. The minimum Gasteiger partial charge on any atom is -0.345 e. The molecule has 2 N–H and O–H groups in total. The van der Waals surface area contributed by atoms with Crippen LogP contribution in [-0.4, -0.2) is 23.6 Å². The molecule has 0 aliphatic heterocycles. The summed E-state index contributed by atoms with van der Waals surface area (Å²) in [6.07, 6.45) is 0. The first kappa shape index (κ1) is 13.7. The molecule has 1 radical (unpaired) electrons. The van der Waals surface area contributed by atoms with Crippen LogP contribution >= 0.6 is 25.3 Å². The molecular formula is C4H8MnN2O2S2. The molecule has 0 heterocycles. The Morgan fingerprint density at radius 2 is 1.27 bits per heavy atom. The van der Waals surface area contributed by atoms with Gasteiger partial charge in [-0.05, 0) is 0 Å². The molecule has 0 aromatic heterocycles. The SMILES string of the molecule is O=C(S)NCCNC(=O)S.[Mn]. The number of carbonyl (C=O) groups excluding carboxylic acids is 2. The molecule has 0 fully saturated rings. The average molecular weight is 235 g/mol. The fourth-order valence-corrected chi connectivity index (χ4v) is 0.562. The molecule has 4 nitrogen and oxygen atoms in total.